The van der Waals surface area contributed by atoms with Gasteiger partial charge in [0.05, 0.1) is 22.7 Å². The van der Waals surface area contributed by atoms with Crippen LogP contribution in [0.25, 0.3) is 0 Å². The predicted octanol–water partition coefficient (Wildman–Crippen LogP) is 3.93. The number of nitrogens with one attached hydrogen (secondary N) is 1. The molecule has 0 aliphatic heterocycles. The SMILES string of the molecule is Cc1ccc(S(=O)(=O)N(C)CC(=O)Nc2ccc(Cl)cc2C(F)(F)F)cc1. The van der Waals surface area contributed by atoms with Crippen molar-refractivity contribution in [2.24, 2.45) is 0 Å². The first-order valence-corrected chi connectivity index (χ1v) is 9.42. The number of carbonyl (C=O) groups is 1. The van der Waals surface area contributed by atoms with Gasteiger partial charge in [-0.25, -0.2) is 8.42 Å². The monoisotopic (exact) mass is 420 g/mol. The van der Waals surface area contributed by atoms with Crippen molar-refractivity contribution in [3.05, 3.63) is 58.6 Å². The van der Waals surface area contributed by atoms with E-state index in [9.17, 15) is 26.4 Å². The molecule has 10 heteroatoms. The molecule has 27 heavy (non-hydrogen) atoms. The van der Waals surface area contributed by atoms with Crippen molar-refractivity contribution in [2.75, 3.05) is 18.9 Å². The van der Waals surface area contributed by atoms with Gasteiger partial charge in [-0.2, -0.15) is 17.5 Å². The Morgan fingerprint density at radius 2 is 1.74 bits per heavy atom. The normalized spacial score (nSPS) is 12.3. The zero-order chi connectivity index (χ0) is 20.4. The predicted molar refractivity (Wildman–Crippen MR) is 96.1 cm³/mol. The third-order valence-corrected chi connectivity index (χ3v) is 5.71. The van der Waals surface area contributed by atoms with E-state index in [2.05, 4.69) is 5.32 Å². The molecule has 5 nitrogen and oxygen atoms in total. The Hall–Kier alpha value is -2.10. The lowest BCUT2D eigenvalue weighted by Gasteiger charge is -2.18. The third kappa shape index (κ3) is 5.21. The molecule has 0 saturated carbocycles. The number of carbonyl (C=O) groups excluding carboxylic acids is 1. The summed E-state index contributed by atoms with van der Waals surface area (Å²) in [5.41, 5.74) is -0.762. The van der Waals surface area contributed by atoms with E-state index in [4.69, 9.17) is 11.6 Å². The van der Waals surface area contributed by atoms with E-state index < -0.39 is 39.9 Å². The molecule has 1 N–H and O–H groups in total. The molecule has 0 unspecified atom stereocenters. The second-order valence-corrected chi connectivity index (χ2v) is 8.29. The maximum atomic E-state index is 13.1. The van der Waals surface area contributed by atoms with Gasteiger partial charge in [-0.3, -0.25) is 4.79 Å². The van der Waals surface area contributed by atoms with Crippen LogP contribution in [0.15, 0.2) is 47.4 Å². The number of sulfonamides is 1. The Balaban J connectivity index is 2.17. The molecule has 0 radical (unpaired) electrons. The molecule has 2 aromatic rings. The van der Waals surface area contributed by atoms with Crippen LogP contribution in [0.4, 0.5) is 18.9 Å². The van der Waals surface area contributed by atoms with Gasteiger partial charge in [-0.15, -0.1) is 0 Å². The molecule has 0 bridgehead atoms. The van der Waals surface area contributed by atoms with Crippen LogP contribution in [0.3, 0.4) is 0 Å². The first kappa shape index (κ1) is 21.2. The maximum Gasteiger partial charge on any atom is 0.418 e. The molecule has 1 amide bonds. The molecule has 0 aromatic heterocycles. The van der Waals surface area contributed by atoms with E-state index in [-0.39, 0.29) is 9.92 Å². The Kier molecular flexibility index (Phi) is 6.18. The van der Waals surface area contributed by atoms with Crippen LogP contribution in [0.2, 0.25) is 5.02 Å². The first-order chi connectivity index (χ1) is 12.4. The molecule has 146 valence electrons. The number of hydrogen-bond acceptors (Lipinski definition) is 3. The highest BCUT2D eigenvalue weighted by Crippen LogP contribution is 2.36. The van der Waals surface area contributed by atoms with E-state index >= 15 is 0 Å². The Morgan fingerprint density at radius 1 is 1.15 bits per heavy atom. The van der Waals surface area contributed by atoms with Gasteiger partial charge in [0.15, 0.2) is 0 Å². The second kappa shape index (κ2) is 7.87. The molecule has 0 aliphatic carbocycles. The first-order valence-electron chi connectivity index (χ1n) is 7.61. The molecule has 0 fully saturated rings. The summed E-state index contributed by atoms with van der Waals surface area (Å²) in [4.78, 5) is 12.1. The summed E-state index contributed by atoms with van der Waals surface area (Å²) in [6, 6.07) is 8.87. The molecule has 2 rings (SSSR count). The summed E-state index contributed by atoms with van der Waals surface area (Å²) in [6.07, 6.45) is -4.73. The number of rotatable bonds is 5. The lowest BCUT2D eigenvalue weighted by molar-refractivity contribution is -0.137. The average molecular weight is 421 g/mol. The fraction of sp³-hybridized carbons (Fsp3) is 0.235. The van der Waals surface area contributed by atoms with Crippen molar-refractivity contribution in [3.8, 4) is 0 Å². The number of benzene rings is 2. The number of alkyl halides is 3. The Bertz CT molecular complexity index is 945. The van der Waals surface area contributed by atoms with Gasteiger partial charge in [0.2, 0.25) is 15.9 Å². The van der Waals surface area contributed by atoms with Gasteiger partial charge >= 0.3 is 6.18 Å². The van der Waals surface area contributed by atoms with E-state index in [1.165, 1.54) is 25.2 Å². The Labute approximate surface area is 159 Å². The lowest BCUT2D eigenvalue weighted by Crippen LogP contribution is -2.35. The van der Waals surface area contributed by atoms with Crippen molar-refractivity contribution < 1.29 is 26.4 Å². The zero-order valence-corrected chi connectivity index (χ0v) is 15.9. The highest BCUT2D eigenvalue weighted by atomic mass is 35.5. The van der Waals surface area contributed by atoms with E-state index in [0.29, 0.717) is 6.07 Å². The fourth-order valence-electron chi connectivity index (χ4n) is 2.23. The minimum Gasteiger partial charge on any atom is -0.324 e. The number of aryl methyl sites for hydroxylation is 1. The Morgan fingerprint density at radius 3 is 2.30 bits per heavy atom. The van der Waals surface area contributed by atoms with Crippen LogP contribution >= 0.6 is 11.6 Å². The van der Waals surface area contributed by atoms with Crippen LogP contribution in [-0.2, 0) is 21.0 Å². The van der Waals surface area contributed by atoms with Crippen molar-refractivity contribution in [1.29, 1.82) is 0 Å². The van der Waals surface area contributed by atoms with Crippen molar-refractivity contribution in [2.45, 2.75) is 18.0 Å². The summed E-state index contributed by atoms with van der Waals surface area (Å²) in [5.74, 6) is -0.916. The van der Waals surface area contributed by atoms with Gasteiger partial charge < -0.3 is 5.32 Å². The van der Waals surface area contributed by atoms with Gasteiger partial charge in [0.25, 0.3) is 0 Å². The van der Waals surface area contributed by atoms with Crippen LogP contribution in [0, 0.1) is 6.92 Å². The van der Waals surface area contributed by atoms with Crippen LogP contribution in [0.5, 0.6) is 0 Å². The summed E-state index contributed by atoms with van der Waals surface area (Å²) in [5, 5.41) is 1.94. The summed E-state index contributed by atoms with van der Waals surface area (Å²) < 4.78 is 64.9. The highest BCUT2D eigenvalue weighted by Gasteiger charge is 2.34. The van der Waals surface area contributed by atoms with Gasteiger partial charge in [0, 0.05) is 12.1 Å². The van der Waals surface area contributed by atoms with E-state index in [1.54, 1.807) is 19.1 Å². The minimum atomic E-state index is -4.73. The standard InChI is InChI=1S/C17H16ClF3N2O3S/c1-11-3-6-13(7-4-11)27(25,26)23(2)10-16(24)22-15-8-5-12(18)9-14(15)17(19,20)21/h3-9H,10H2,1-2H3,(H,22,24). The molecule has 2 aromatic carbocycles. The quantitative estimate of drug-likeness (QED) is 0.797. The third-order valence-electron chi connectivity index (χ3n) is 3.66. The minimum absolute atomic E-state index is 0.0223. The summed E-state index contributed by atoms with van der Waals surface area (Å²) in [7, 11) is -2.79. The number of hydrogen-bond donors (Lipinski definition) is 1. The highest BCUT2D eigenvalue weighted by molar-refractivity contribution is 7.89. The van der Waals surface area contributed by atoms with E-state index in [1.807, 2.05) is 0 Å². The number of anilines is 1. The number of amides is 1. The van der Waals surface area contributed by atoms with Crippen LogP contribution in [0.1, 0.15) is 11.1 Å². The van der Waals surface area contributed by atoms with Crippen LogP contribution in [-0.4, -0.2) is 32.2 Å². The molecule has 0 atom stereocenters. The number of likely N-dealkylation sites (N-methyl/N-ethyl adjacent to an activating group) is 1. The topological polar surface area (TPSA) is 66.5 Å². The van der Waals surface area contributed by atoms with Gasteiger partial charge in [-0.05, 0) is 37.3 Å². The summed E-state index contributed by atoms with van der Waals surface area (Å²) >= 11 is 5.58. The molecule has 0 saturated heterocycles. The molecular formula is C17H16ClF3N2O3S. The van der Waals surface area contributed by atoms with Gasteiger partial charge in [0.1, 0.15) is 0 Å². The smallest absolute Gasteiger partial charge is 0.324 e. The zero-order valence-electron chi connectivity index (χ0n) is 14.3. The van der Waals surface area contributed by atoms with Crippen LogP contribution < -0.4 is 5.32 Å². The second-order valence-electron chi connectivity index (χ2n) is 5.81. The van der Waals surface area contributed by atoms with Gasteiger partial charge in [-0.1, -0.05) is 29.3 Å². The molecule has 0 aliphatic rings. The maximum absolute atomic E-state index is 13.1. The number of halogens is 4. The number of nitrogens with zero attached hydrogens (tertiary/aromatic N) is 1. The van der Waals surface area contributed by atoms with Crippen molar-refractivity contribution >= 4 is 33.2 Å². The molecule has 0 spiro atoms. The van der Waals surface area contributed by atoms with Crippen molar-refractivity contribution in [1.82, 2.24) is 4.31 Å². The largest absolute Gasteiger partial charge is 0.418 e. The van der Waals surface area contributed by atoms with Crippen molar-refractivity contribution in [3.63, 3.8) is 0 Å². The lowest BCUT2D eigenvalue weighted by atomic mass is 10.1. The summed E-state index contributed by atoms with van der Waals surface area (Å²) in [6.45, 7) is 1.13. The van der Waals surface area contributed by atoms with E-state index in [0.717, 1.165) is 15.9 Å². The molecular weight excluding hydrogens is 405 g/mol. The fourth-order valence-corrected chi connectivity index (χ4v) is 3.53. The average Bonchev–Trinajstić information content (AvgIpc) is 2.55. The molecule has 0 heterocycles.